The number of rotatable bonds is 5. The third-order valence-electron chi connectivity index (χ3n) is 3.33. The Kier molecular flexibility index (Phi) is 5.72. The van der Waals surface area contributed by atoms with Crippen molar-refractivity contribution in [2.45, 2.75) is 26.2 Å². The molecule has 5 nitrogen and oxygen atoms in total. The first-order valence-electron chi connectivity index (χ1n) is 7.25. The standard InChI is InChI=1S/C16H28N4O/c1-16(2,3)13-10-12(11-14(17-4)18-13)15(21)20(7)9-8-19(5)6/h10-11H,8-9H2,1-7H3,(H,17,18). The van der Waals surface area contributed by atoms with E-state index in [4.69, 9.17) is 0 Å². The highest BCUT2D eigenvalue weighted by Crippen LogP contribution is 2.23. The first-order chi connectivity index (χ1) is 9.65. The van der Waals surface area contributed by atoms with Crippen molar-refractivity contribution in [2.24, 2.45) is 0 Å². The summed E-state index contributed by atoms with van der Waals surface area (Å²) in [6, 6.07) is 3.71. The van der Waals surface area contributed by atoms with Gasteiger partial charge in [-0.25, -0.2) is 4.98 Å². The maximum atomic E-state index is 12.6. The summed E-state index contributed by atoms with van der Waals surface area (Å²) in [4.78, 5) is 20.9. The van der Waals surface area contributed by atoms with E-state index in [1.165, 1.54) is 0 Å². The van der Waals surface area contributed by atoms with Crippen molar-refractivity contribution in [3.8, 4) is 0 Å². The fraction of sp³-hybridized carbons (Fsp3) is 0.625. The summed E-state index contributed by atoms with van der Waals surface area (Å²) in [5.41, 5.74) is 1.50. The Hall–Kier alpha value is -1.62. The Morgan fingerprint density at radius 1 is 1.19 bits per heavy atom. The highest BCUT2D eigenvalue weighted by atomic mass is 16.2. The van der Waals surface area contributed by atoms with Gasteiger partial charge in [0.25, 0.3) is 5.91 Å². The van der Waals surface area contributed by atoms with Gasteiger partial charge in [-0.1, -0.05) is 20.8 Å². The highest BCUT2D eigenvalue weighted by molar-refractivity contribution is 5.95. The number of hydrogen-bond donors (Lipinski definition) is 1. The van der Waals surface area contributed by atoms with Crippen LogP contribution in [0.1, 0.15) is 36.8 Å². The quantitative estimate of drug-likeness (QED) is 0.902. The van der Waals surface area contributed by atoms with E-state index < -0.39 is 0 Å². The molecule has 0 saturated heterocycles. The van der Waals surface area contributed by atoms with Gasteiger partial charge in [0.1, 0.15) is 5.82 Å². The van der Waals surface area contributed by atoms with Crippen molar-refractivity contribution < 1.29 is 4.79 Å². The number of likely N-dealkylation sites (N-methyl/N-ethyl adjacent to an activating group) is 2. The predicted octanol–water partition coefficient (Wildman–Crippen LogP) is 2.05. The van der Waals surface area contributed by atoms with E-state index in [1.807, 2.05) is 40.3 Å². The van der Waals surface area contributed by atoms with Crippen LogP contribution in [-0.4, -0.2) is 62.0 Å². The molecule has 0 bridgehead atoms. The average Bonchev–Trinajstić information content (AvgIpc) is 2.42. The lowest BCUT2D eigenvalue weighted by Gasteiger charge is -2.22. The van der Waals surface area contributed by atoms with Crippen LogP contribution in [0.4, 0.5) is 5.82 Å². The maximum absolute atomic E-state index is 12.6. The Morgan fingerprint density at radius 2 is 1.81 bits per heavy atom. The molecule has 0 radical (unpaired) electrons. The largest absolute Gasteiger partial charge is 0.373 e. The van der Waals surface area contributed by atoms with Crippen molar-refractivity contribution in [3.05, 3.63) is 23.4 Å². The van der Waals surface area contributed by atoms with Gasteiger partial charge in [0, 0.05) is 43.9 Å². The highest BCUT2D eigenvalue weighted by Gasteiger charge is 2.20. The number of hydrogen-bond acceptors (Lipinski definition) is 4. The Balaban J connectivity index is 3.03. The Bertz CT molecular complexity index is 492. The third-order valence-corrected chi connectivity index (χ3v) is 3.33. The van der Waals surface area contributed by atoms with Crippen molar-refractivity contribution >= 4 is 11.7 Å². The molecule has 21 heavy (non-hydrogen) atoms. The van der Waals surface area contributed by atoms with Gasteiger partial charge < -0.3 is 15.1 Å². The van der Waals surface area contributed by atoms with Crippen LogP contribution in [0.15, 0.2) is 12.1 Å². The fourth-order valence-electron chi connectivity index (χ4n) is 1.84. The molecule has 0 spiro atoms. The minimum Gasteiger partial charge on any atom is -0.373 e. The van der Waals surface area contributed by atoms with Crippen LogP contribution in [0.3, 0.4) is 0 Å². The SMILES string of the molecule is CNc1cc(C(=O)N(C)CCN(C)C)cc(C(C)(C)C)n1. The molecule has 0 saturated carbocycles. The maximum Gasteiger partial charge on any atom is 0.253 e. The second kappa shape index (κ2) is 6.89. The molecule has 0 unspecified atom stereocenters. The lowest BCUT2D eigenvalue weighted by atomic mass is 9.90. The monoisotopic (exact) mass is 292 g/mol. The molecule has 0 aliphatic rings. The van der Waals surface area contributed by atoms with Gasteiger partial charge in [0.05, 0.1) is 0 Å². The average molecular weight is 292 g/mol. The first kappa shape index (κ1) is 17.4. The molecule has 1 aromatic rings. The van der Waals surface area contributed by atoms with Gasteiger partial charge in [-0.2, -0.15) is 0 Å². The molecule has 1 aromatic heterocycles. The number of nitrogens with one attached hydrogen (secondary N) is 1. The van der Waals surface area contributed by atoms with Crippen molar-refractivity contribution in [3.63, 3.8) is 0 Å². The number of aromatic nitrogens is 1. The summed E-state index contributed by atoms with van der Waals surface area (Å²) in [6.07, 6.45) is 0. The van der Waals surface area contributed by atoms with Gasteiger partial charge in [-0.3, -0.25) is 4.79 Å². The summed E-state index contributed by atoms with van der Waals surface area (Å²) in [7, 11) is 7.66. The molecule has 5 heteroatoms. The molecular weight excluding hydrogens is 264 g/mol. The number of anilines is 1. The minimum absolute atomic E-state index is 0.0289. The molecule has 118 valence electrons. The molecule has 1 N–H and O–H groups in total. The zero-order valence-electron chi connectivity index (χ0n) is 14.3. The first-order valence-corrected chi connectivity index (χ1v) is 7.25. The third kappa shape index (κ3) is 5.01. The van der Waals surface area contributed by atoms with Gasteiger partial charge >= 0.3 is 0 Å². The summed E-state index contributed by atoms with van der Waals surface area (Å²) < 4.78 is 0. The van der Waals surface area contributed by atoms with Crippen molar-refractivity contribution in [1.29, 1.82) is 0 Å². The molecule has 1 amide bonds. The molecule has 0 aliphatic heterocycles. The van der Waals surface area contributed by atoms with Gasteiger partial charge in [-0.15, -0.1) is 0 Å². The van der Waals surface area contributed by atoms with E-state index in [2.05, 4.69) is 36.0 Å². The number of amides is 1. The number of carbonyl (C=O) groups is 1. The number of nitrogens with zero attached hydrogens (tertiary/aromatic N) is 3. The van der Waals surface area contributed by atoms with Crippen LogP contribution in [0, 0.1) is 0 Å². The molecule has 1 heterocycles. The molecular formula is C16H28N4O. The van der Waals surface area contributed by atoms with Crippen LogP contribution in [0.25, 0.3) is 0 Å². The smallest absolute Gasteiger partial charge is 0.253 e. The summed E-state index contributed by atoms with van der Waals surface area (Å²) in [6.45, 7) is 7.84. The van der Waals surface area contributed by atoms with Crippen molar-refractivity contribution in [2.75, 3.05) is 46.6 Å². The van der Waals surface area contributed by atoms with Gasteiger partial charge in [0.15, 0.2) is 0 Å². The van der Waals surface area contributed by atoms with E-state index in [1.54, 1.807) is 4.90 Å². The van der Waals surface area contributed by atoms with E-state index in [9.17, 15) is 4.79 Å². The molecule has 1 rings (SSSR count). The van der Waals surface area contributed by atoms with E-state index in [0.717, 1.165) is 18.1 Å². The lowest BCUT2D eigenvalue weighted by molar-refractivity contribution is 0.0786. The lowest BCUT2D eigenvalue weighted by Crippen LogP contribution is -2.33. The topological polar surface area (TPSA) is 48.5 Å². The van der Waals surface area contributed by atoms with Crippen LogP contribution in [0.2, 0.25) is 0 Å². The molecule has 0 fully saturated rings. The number of carbonyl (C=O) groups excluding carboxylic acids is 1. The van der Waals surface area contributed by atoms with Crippen LogP contribution >= 0.6 is 0 Å². The van der Waals surface area contributed by atoms with Crippen LogP contribution < -0.4 is 5.32 Å². The minimum atomic E-state index is -0.0932. The summed E-state index contributed by atoms with van der Waals surface area (Å²) in [5, 5.41) is 3.03. The fourth-order valence-corrected chi connectivity index (χ4v) is 1.84. The van der Waals surface area contributed by atoms with Gasteiger partial charge in [-0.05, 0) is 26.2 Å². The van der Waals surface area contributed by atoms with Crippen molar-refractivity contribution in [1.82, 2.24) is 14.8 Å². The molecule has 0 aromatic carbocycles. The predicted molar refractivity (Wildman–Crippen MR) is 88.0 cm³/mol. The zero-order chi connectivity index (χ0) is 16.2. The molecule has 0 aliphatic carbocycles. The Morgan fingerprint density at radius 3 is 2.29 bits per heavy atom. The second-order valence-corrected chi connectivity index (χ2v) is 6.66. The zero-order valence-corrected chi connectivity index (χ0v) is 14.3. The second-order valence-electron chi connectivity index (χ2n) is 6.66. The van der Waals surface area contributed by atoms with E-state index in [0.29, 0.717) is 12.1 Å². The number of pyridine rings is 1. The summed E-state index contributed by atoms with van der Waals surface area (Å²) >= 11 is 0. The van der Waals surface area contributed by atoms with Crippen LogP contribution in [-0.2, 0) is 5.41 Å². The van der Waals surface area contributed by atoms with Crippen LogP contribution in [0.5, 0.6) is 0 Å². The van der Waals surface area contributed by atoms with E-state index >= 15 is 0 Å². The summed E-state index contributed by atoms with van der Waals surface area (Å²) in [5.74, 6) is 0.757. The van der Waals surface area contributed by atoms with E-state index in [-0.39, 0.29) is 11.3 Å². The normalized spacial score (nSPS) is 11.6. The van der Waals surface area contributed by atoms with Gasteiger partial charge in [0.2, 0.25) is 0 Å². The Labute approximate surface area is 128 Å². The molecule has 0 atom stereocenters.